The highest BCUT2D eigenvalue weighted by Gasteiger charge is 2.26. The van der Waals surface area contributed by atoms with Crippen molar-refractivity contribution in [2.75, 3.05) is 6.61 Å². The maximum atomic E-state index is 11.6. The SMILES string of the molecule is CC1COc2c(Cl)cccc2C1=O. The fourth-order valence-corrected chi connectivity index (χ4v) is 1.63. The molecule has 68 valence electrons. The van der Waals surface area contributed by atoms with Gasteiger partial charge in [0.15, 0.2) is 5.78 Å². The number of ketones is 1. The Morgan fingerprint density at radius 2 is 2.31 bits per heavy atom. The lowest BCUT2D eigenvalue weighted by molar-refractivity contribution is 0.0849. The van der Waals surface area contributed by atoms with E-state index in [0.29, 0.717) is 22.9 Å². The van der Waals surface area contributed by atoms with Gasteiger partial charge in [0.1, 0.15) is 5.75 Å². The maximum absolute atomic E-state index is 11.6. The number of hydrogen-bond donors (Lipinski definition) is 0. The predicted octanol–water partition coefficient (Wildman–Crippen LogP) is 2.55. The van der Waals surface area contributed by atoms with Crippen molar-refractivity contribution in [1.82, 2.24) is 0 Å². The molecule has 0 N–H and O–H groups in total. The Labute approximate surface area is 81.5 Å². The lowest BCUT2D eigenvalue weighted by Crippen LogP contribution is -2.25. The second-order valence-corrected chi connectivity index (χ2v) is 3.60. The average Bonchev–Trinajstić information content (AvgIpc) is 2.12. The van der Waals surface area contributed by atoms with Gasteiger partial charge in [-0.1, -0.05) is 24.6 Å². The van der Waals surface area contributed by atoms with Crippen LogP contribution in [0.3, 0.4) is 0 Å². The van der Waals surface area contributed by atoms with Crippen molar-refractivity contribution in [2.45, 2.75) is 6.92 Å². The summed E-state index contributed by atoms with van der Waals surface area (Å²) in [6.07, 6.45) is 0. The Bertz CT molecular complexity index is 360. The van der Waals surface area contributed by atoms with Crippen LogP contribution >= 0.6 is 11.6 Å². The number of rotatable bonds is 0. The molecule has 2 rings (SSSR count). The monoisotopic (exact) mass is 196 g/mol. The van der Waals surface area contributed by atoms with Crippen molar-refractivity contribution in [1.29, 1.82) is 0 Å². The topological polar surface area (TPSA) is 26.3 Å². The van der Waals surface area contributed by atoms with E-state index in [1.165, 1.54) is 0 Å². The van der Waals surface area contributed by atoms with Gasteiger partial charge in [0.2, 0.25) is 0 Å². The summed E-state index contributed by atoms with van der Waals surface area (Å²) >= 11 is 5.88. The van der Waals surface area contributed by atoms with E-state index in [-0.39, 0.29) is 11.7 Å². The summed E-state index contributed by atoms with van der Waals surface area (Å²) in [5.74, 6) is 0.585. The molecule has 13 heavy (non-hydrogen) atoms. The van der Waals surface area contributed by atoms with Crippen molar-refractivity contribution in [2.24, 2.45) is 5.92 Å². The van der Waals surface area contributed by atoms with Gasteiger partial charge in [-0.15, -0.1) is 0 Å². The van der Waals surface area contributed by atoms with Gasteiger partial charge in [0.25, 0.3) is 0 Å². The molecule has 0 fully saturated rings. The van der Waals surface area contributed by atoms with E-state index in [2.05, 4.69) is 0 Å². The lowest BCUT2D eigenvalue weighted by Gasteiger charge is -2.21. The zero-order valence-electron chi connectivity index (χ0n) is 7.21. The molecule has 1 atom stereocenters. The standard InChI is InChI=1S/C10H9ClO2/c1-6-5-13-10-7(9(6)12)3-2-4-8(10)11/h2-4,6H,5H2,1H3. The first kappa shape index (κ1) is 8.57. The van der Waals surface area contributed by atoms with Crippen molar-refractivity contribution >= 4 is 17.4 Å². The van der Waals surface area contributed by atoms with Gasteiger partial charge >= 0.3 is 0 Å². The quantitative estimate of drug-likeness (QED) is 0.638. The number of Topliss-reactive ketones (excluding diaryl/α,β-unsaturated/α-hetero) is 1. The molecule has 0 radical (unpaired) electrons. The van der Waals surface area contributed by atoms with Gasteiger partial charge in [-0.25, -0.2) is 0 Å². The van der Waals surface area contributed by atoms with Crippen LogP contribution in [0.2, 0.25) is 5.02 Å². The summed E-state index contributed by atoms with van der Waals surface area (Å²) < 4.78 is 5.38. The summed E-state index contributed by atoms with van der Waals surface area (Å²) in [7, 11) is 0. The largest absolute Gasteiger partial charge is 0.491 e. The smallest absolute Gasteiger partial charge is 0.172 e. The van der Waals surface area contributed by atoms with E-state index in [1.54, 1.807) is 18.2 Å². The molecule has 0 saturated carbocycles. The minimum Gasteiger partial charge on any atom is -0.491 e. The number of fused-ring (bicyclic) bond motifs is 1. The van der Waals surface area contributed by atoms with Crippen LogP contribution in [-0.4, -0.2) is 12.4 Å². The van der Waals surface area contributed by atoms with E-state index < -0.39 is 0 Å². The van der Waals surface area contributed by atoms with Gasteiger partial charge in [-0.3, -0.25) is 4.79 Å². The summed E-state index contributed by atoms with van der Waals surface area (Å²) in [5.41, 5.74) is 0.603. The molecule has 0 aromatic heterocycles. The third-order valence-electron chi connectivity index (χ3n) is 2.16. The molecule has 0 aliphatic carbocycles. The van der Waals surface area contributed by atoms with Crippen LogP contribution in [0.1, 0.15) is 17.3 Å². The molecule has 0 amide bonds. The van der Waals surface area contributed by atoms with E-state index in [4.69, 9.17) is 16.3 Å². The summed E-state index contributed by atoms with van der Waals surface area (Å²) in [4.78, 5) is 11.6. The second kappa shape index (κ2) is 3.04. The molecule has 2 nitrogen and oxygen atoms in total. The number of hydrogen-bond acceptors (Lipinski definition) is 2. The predicted molar refractivity (Wildman–Crippen MR) is 50.4 cm³/mol. The Hall–Kier alpha value is -1.02. The molecule has 0 saturated heterocycles. The van der Waals surface area contributed by atoms with Crippen molar-refractivity contribution < 1.29 is 9.53 Å². The molecule has 1 aliphatic rings. The number of para-hydroxylation sites is 1. The molecular formula is C10H9ClO2. The fraction of sp³-hybridized carbons (Fsp3) is 0.300. The molecule has 3 heteroatoms. The van der Waals surface area contributed by atoms with Crippen LogP contribution < -0.4 is 4.74 Å². The van der Waals surface area contributed by atoms with Gasteiger partial charge in [-0.2, -0.15) is 0 Å². The van der Waals surface area contributed by atoms with E-state index in [9.17, 15) is 4.79 Å². The third kappa shape index (κ3) is 1.31. The first-order valence-corrected chi connectivity index (χ1v) is 4.53. The molecule has 0 bridgehead atoms. The van der Waals surface area contributed by atoms with Crippen LogP contribution in [-0.2, 0) is 0 Å². The van der Waals surface area contributed by atoms with Crippen LogP contribution in [0.25, 0.3) is 0 Å². The van der Waals surface area contributed by atoms with Crippen molar-refractivity contribution in [3.63, 3.8) is 0 Å². The van der Waals surface area contributed by atoms with Crippen LogP contribution in [0.5, 0.6) is 5.75 Å². The van der Waals surface area contributed by atoms with E-state index in [0.717, 1.165) is 0 Å². The number of carbonyl (C=O) groups excluding carboxylic acids is 1. The molecule has 1 aromatic rings. The normalized spacial score (nSPS) is 20.8. The molecule has 1 unspecified atom stereocenters. The van der Waals surface area contributed by atoms with E-state index in [1.807, 2.05) is 6.92 Å². The van der Waals surface area contributed by atoms with Crippen molar-refractivity contribution in [3.8, 4) is 5.75 Å². The molecule has 1 heterocycles. The summed E-state index contributed by atoms with van der Waals surface area (Å²) in [6, 6.07) is 5.24. The number of ether oxygens (including phenoxy) is 1. The Balaban J connectivity index is 2.55. The highest BCUT2D eigenvalue weighted by molar-refractivity contribution is 6.32. The van der Waals surface area contributed by atoms with Crippen LogP contribution in [0.4, 0.5) is 0 Å². The van der Waals surface area contributed by atoms with Gasteiger partial charge in [-0.05, 0) is 12.1 Å². The maximum Gasteiger partial charge on any atom is 0.172 e. The minimum atomic E-state index is -0.0639. The second-order valence-electron chi connectivity index (χ2n) is 3.19. The number of halogens is 1. The molecule has 1 aromatic carbocycles. The Kier molecular flexibility index (Phi) is 2.00. The van der Waals surface area contributed by atoms with Gasteiger partial charge < -0.3 is 4.74 Å². The summed E-state index contributed by atoms with van der Waals surface area (Å²) in [5, 5.41) is 0.512. The minimum absolute atomic E-state index is 0.0639. The Morgan fingerprint density at radius 1 is 1.54 bits per heavy atom. The van der Waals surface area contributed by atoms with Gasteiger partial charge in [0, 0.05) is 0 Å². The zero-order valence-corrected chi connectivity index (χ0v) is 7.97. The average molecular weight is 197 g/mol. The van der Waals surface area contributed by atoms with E-state index >= 15 is 0 Å². The fourth-order valence-electron chi connectivity index (χ4n) is 1.40. The highest BCUT2D eigenvalue weighted by Crippen LogP contribution is 2.33. The van der Waals surface area contributed by atoms with Crippen molar-refractivity contribution in [3.05, 3.63) is 28.8 Å². The molecule has 1 aliphatic heterocycles. The zero-order chi connectivity index (χ0) is 9.42. The third-order valence-corrected chi connectivity index (χ3v) is 2.46. The number of benzene rings is 1. The molecule has 0 spiro atoms. The van der Waals surface area contributed by atoms with Crippen LogP contribution in [0.15, 0.2) is 18.2 Å². The highest BCUT2D eigenvalue weighted by atomic mass is 35.5. The first-order valence-electron chi connectivity index (χ1n) is 4.15. The summed E-state index contributed by atoms with van der Waals surface area (Å²) in [6.45, 7) is 2.28. The molecular weight excluding hydrogens is 188 g/mol. The Morgan fingerprint density at radius 3 is 3.08 bits per heavy atom. The first-order chi connectivity index (χ1) is 6.20. The van der Waals surface area contributed by atoms with Gasteiger partial charge in [0.05, 0.1) is 23.1 Å². The lowest BCUT2D eigenvalue weighted by atomic mass is 9.97. The number of carbonyl (C=O) groups is 1. The van der Waals surface area contributed by atoms with Crippen LogP contribution in [0, 0.1) is 5.92 Å².